The van der Waals surface area contributed by atoms with Crippen LogP contribution in [0.3, 0.4) is 0 Å². The van der Waals surface area contributed by atoms with Crippen LogP contribution in [0.2, 0.25) is 0 Å². The summed E-state index contributed by atoms with van der Waals surface area (Å²) in [5.74, 6) is -0.731. The first-order chi connectivity index (χ1) is 19.0. The van der Waals surface area contributed by atoms with Gasteiger partial charge in [0.2, 0.25) is 5.91 Å². The van der Waals surface area contributed by atoms with Gasteiger partial charge in [0, 0.05) is 24.2 Å². The molecule has 2 aromatic carbocycles. The highest BCUT2D eigenvalue weighted by molar-refractivity contribution is 5.97. The van der Waals surface area contributed by atoms with Crippen molar-refractivity contribution in [2.24, 2.45) is 0 Å². The molecule has 12 nitrogen and oxygen atoms in total. The standard InChI is InChI=1S/C28H29N5O7/c1-4-13-33(15-18-5-10-22-21(14-18)26(36)31-17(3)30-22)20-8-6-19(7-9-20)25(35)32-23(28(39)40)11-12-24(34)29-16(2)27(37)38/h1,5-10,14,16,23H,11-13,15H2,2-3H3,(H,29,34)(H,32,35)(H,37,38)(H,39,40)(H,30,31,36)/t16-,23-/m0/s1. The van der Waals surface area contributed by atoms with Crippen LogP contribution >= 0.6 is 0 Å². The minimum atomic E-state index is -1.36. The van der Waals surface area contributed by atoms with Crippen LogP contribution in [0.4, 0.5) is 5.69 Å². The molecule has 0 aliphatic heterocycles. The number of aliphatic carboxylic acids is 2. The lowest BCUT2D eigenvalue weighted by molar-refractivity contribution is -0.142. The number of nitrogens with zero attached hydrogens (tertiary/aromatic N) is 2. The molecule has 0 fully saturated rings. The molecule has 1 heterocycles. The Labute approximate surface area is 229 Å². The number of hydrogen-bond acceptors (Lipinski definition) is 7. The van der Waals surface area contributed by atoms with Gasteiger partial charge in [-0.2, -0.15) is 0 Å². The summed E-state index contributed by atoms with van der Waals surface area (Å²) < 4.78 is 0. The average Bonchev–Trinajstić information content (AvgIpc) is 2.90. The lowest BCUT2D eigenvalue weighted by Crippen LogP contribution is -2.43. The number of carbonyl (C=O) groups excluding carboxylic acids is 2. The number of aryl methyl sites for hydroxylation is 1. The van der Waals surface area contributed by atoms with Crippen molar-refractivity contribution in [3.8, 4) is 12.3 Å². The summed E-state index contributed by atoms with van der Waals surface area (Å²) >= 11 is 0. The first-order valence-corrected chi connectivity index (χ1v) is 12.3. The molecule has 2 amide bonds. The van der Waals surface area contributed by atoms with E-state index in [1.807, 2.05) is 11.0 Å². The third-order valence-electron chi connectivity index (χ3n) is 6.05. The fraction of sp³-hybridized carbons (Fsp3) is 0.286. The number of carbonyl (C=O) groups is 4. The van der Waals surface area contributed by atoms with Gasteiger partial charge in [0.05, 0.1) is 17.4 Å². The van der Waals surface area contributed by atoms with E-state index in [0.717, 1.165) is 5.56 Å². The van der Waals surface area contributed by atoms with Crippen molar-refractivity contribution < 1.29 is 29.4 Å². The number of aromatic amines is 1. The van der Waals surface area contributed by atoms with Crippen molar-refractivity contribution in [2.45, 2.75) is 45.3 Å². The van der Waals surface area contributed by atoms with Gasteiger partial charge in [0.25, 0.3) is 11.5 Å². The van der Waals surface area contributed by atoms with Crippen LogP contribution in [0.25, 0.3) is 10.9 Å². The first-order valence-electron chi connectivity index (χ1n) is 12.3. The third-order valence-corrected chi connectivity index (χ3v) is 6.05. The Morgan fingerprint density at radius 1 is 1.07 bits per heavy atom. The van der Waals surface area contributed by atoms with E-state index in [1.54, 1.807) is 31.2 Å². The van der Waals surface area contributed by atoms with Crippen molar-refractivity contribution in [1.82, 2.24) is 20.6 Å². The quantitative estimate of drug-likeness (QED) is 0.209. The number of benzene rings is 2. The van der Waals surface area contributed by atoms with Crippen LogP contribution in [-0.2, 0) is 20.9 Å². The summed E-state index contributed by atoms with van der Waals surface area (Å²) in [6.45, 7) is 3.61. The number of amides is 2. The van der Waals surface area contributed by atoms with Crippen molar-refractivity contribution in [3.05, 3.63) is 69.8 Å². The molecule has 0 bridgehead atoms. The summed E-state index contributed by atoms with van der Waals surface area (Å²) in [7, 11) is 0. The van der Waals surface area contributed by atoms with Crippen molar-refractivity contribution >= 4 is 40.3 Å². The highest BCUT2D eigenvalue weighted by Gasteiger charge is 2.23. The van der Waals surface area contributed by atoms with Crippen LogP contribution in [0.5, 0.6) is 0 Å². The molecular weight excluding hydrogens is 518 g/mol. The summed E-state index contributed by atoms with van der Waals surface area (Å²) in [6, 6.07) is 9.27. The van der Waals surface area contributed by atoms with Gasteiger partial charge in [-0.25, -0.2) is 9.78 Å². The van der Waals surface area contributed by atoms with E-state index in [4.69, 9.17) is 11.5 Å². The Hall–Kier alpha value is -5.18. The van der Waals surface area contributed by atoms with Gasteiger partial charge in [0.15, 0.2) is 0 Å². The monoisotopic (exact) mass is 547 g/mol. The molecule has 3 aromatic rings. The zero-order valence-corrected chi connectivity index (χ0v) is 21.9. The predicted octanol–water partition coefficient (Wildman–Crippen LogP) is 1.42. The molecule has 2 atom stereocenters. The third kappa shape index (κ3) is 7.67. The topological polar surface area (TPSA) is 182 Å². The number of anilines is 1. The summed E-state index contributed by atoms with van der Waals surface area (Å²) in [5, 5.41) is 23.4. The zero-order chi connectivity index (χ0) is 29.4. The molecule has 40 heavy (non-hydrogen) atoms. The number of H-pyrrole nitrogens is 1. The second kappa shape index (κ2) is 13.1. The molecule has 0 spiro atoms. The van der Waals surface area contributed by atoms with Gasteiger partial charge in [-0.15, -0.1) is 6.42 Å². The molecule has 0 saturated heterocycles. The van der Waals surface area contributed by atoms with Gasteiger partial charge >= 0.3 is 11.9 Å². The number of rotatable bonds is 12. The number of hydrogen-bond donors (Lipinski definition) is 5. The van der Waals surface area contributed by atoms with Gasteiger partial charge in [0.1, 0.15) is 17.9 Å². The molecule has 0 saturated carbocycles. The smallest absolute Gasteiger partial charge is 0.326 e. The van der Waals surface area contributed by atoms with E-state index in [0.29, 0.717) is 29.0 Å². The minimum Gasteiger partial charge on any atom is -0.480 e. The maximum Gasteiger partial charge on any atom is 0.326 e. The molecule has 3 rings (SSSR count). The van der Waals surface area contributed by atoms with Crippen LogP contribution < -0.4 is 21.1 Å². The van der Waals surface area contributed by atoms with Gasteiger partial charge in [-0.3, -0.25) is 19.2 Å². The van der Waals surface area contributed by atoms with E-state index in [-0.39, 0.29) is 30.5 Å². The molecule has 0 unspecified atom stereocenters. The van der Waals surface area contributed by atoms with Gasteiger partial charge in [-0.05, 0) is 62.2 Å². The second-order valence-corrected chi connectivity index (χ2v) is 9.14. The fourth-order valence-corrected chi connectivity index (χ4v) is 3.94. The number of terminal acetylenes is 1. The maximum atomic E-state index is 12.7. The maximum absolute atomic E-state index is 12.7. The first kappa shape index (κ1) is 29.4. The molecule has 0 aliphatic rings. The Morgan fingerprint density at radius 3 is 2.40 bits per heavy atom. The average molecular weight is 548 g/mol. The van der Waals surface area contributed by atoms with E-state index >= 15 is 0 Å². The van der Waals surface area contributed by atoms with Gasteiger partial charge in [-0.1, -0.05) is 12.0 Å². The van der Waals surface area contributed by atoms with E-state index in [9.17, 15) is 29.1 Å². The fourth-order valence-electron chi connectivity index (χ4n) is 3.94. The van der Waals surface area contributed by atoms with E-state index in [1.165, 1.54) is 19.1 Å². The highest BCUT2D eigenvalue weighted by atomic mass is 16.4. The Kier molecular flexibility index (Phi) is 9.59. The number of carboxylic acid groups (broad SMARTS) is 2. The molecule has 1 aromatic heterocycles. The Bertz CT molecular complexity index is 1520. The molecule has 208 valence electrons. The second-order valence-electron chi connectivity index (χ2n) is 9.14. The van der Waals surface area contributed by atoms with Crippen molar-refractivity contribution in [2.75, 3.05) is 11.4 Å². The lowest BCUT2D eigenvalue weighted by Gasteiger charge is -2.23. The number of carboxylic acids is 2. The van der Waals surface area contributed by atoms with Crippen LogP contribution in [0, 0.1) is 19.3 Å². The Morgan fingerprint density at radius 2 is 1.77 bits per heavy atom. The largest absolute Gasteiger partial charge is 0.480 e. The van der Waals surface area contributed by atoms with Crippen LogP contribution in [0.1, 0.15) is 41.5 Å². The summed E-state index contributed by atoms with van der Waals surface area (Å²) in [5.41, 5.74) is 2.06. The molecule has 5 N–H and O–H groups in total. The number of fused-ring (bicyclic) bond motifs is 1. The number of aromatic nitrogens is 2. The number of nitrogens with one attached hydrogen (secondary N) is 3. The van der Waals surface area contributed by atoms with E-state index in [2.05, 4.69) is 26.5 Å². The van der Waals surface area contributed by atoms with Crippen LogP contribution in [0.15, 0.2) is 47.3 Å². The molecule has 0 aliphatic carbocycles. The Balaban J connectivity index is 1.68. The van der Waals surface area contributed by atoms with Crippen LogP contribution in [-0.4, -0.2) is 62.6 Å². The normalized spacial score (nSPS) is 12.1. The van der Waals surface area contributed by atoms with Gasteiger partial charge < -0.3 is 30.7 Å². The van der Waals surface area contributed by atoms with Crippen molar-refractivity contribution in [3.63, 3.8) is 0 Å². The molecular formula is C28H29N5O7. The predicted molar refractivity (Wildman–Crippen MR) is 147 cm³/mol. The summed E-state index contributed by atoms with van der Waals surface area (Å²) in [6.07, 6.45) is 5.06. The van der Waals surface area contributed by atoms with E-state index < -0.39 is 35.8 Å². The van der Waals surface area contributed by atoms with Crippen molar-refractivity contribution in [1.29, 1.82) is 0 Å². The SMILES string of the molecule is C#CCN(Cc1ccc2nc(C)[nH]c(=O)c2c1)c1ccc(C(=O)N[C@@H](CCC(=O)N[C@@H](C)C(=O)O)C(=O)O)cc1. The minimum absolute atomic E-state index is 0.193. The molecule has 0 radical (unpaired) electrons. The summed E-state index contributed by atoms with van der Waals surface area (Å²) in [4.78, 5) is 68.3. The lowest BCUT2D eigenvalue weighted by atomic mass is 10.1. The molecule has 12 heteroatoms. The zero-order valence-electron chi connectivity index (χ0n) is 21.9. The highest BCUT2D eigenvalue weighted by Crippen LogP contribution is 2.20.